The van der Waals surface area contributed by atoms with Crippen LogP contribution in [0.4, 0.5) is 4.39 Å². The molecule has 3 aromatic carbocycles. The highest BCUT2D eigenvalue weighted by Crippen LogP contribution is 2.22. The maximum absolute atomic E-state index is 13.2. The van der Waals surface area contributed by atoms with Gasteiger partial charge in [0.25, 0.3) is 11.8 Å². The van der Waals surface area contributed by atoms with Gasteiger partial charge in [0.1, 0.15) is 24.2 Å². The fraction of sp³-hybridized carbons (Fsp3) is 0.231. The third-order valence-corrected chi connectivity index (χ3v) is 7.52. The van der Waals surface area contributed by atoms with Crippen LogP contribution in [0, 0.1) is 11.7 Å². The minimum absolute atomic E-state index is 0.0422. The van der Waals surface area contributed by atoms with E-state index < -0.39 is 33.7 Å². The molecule has 0 saturated carbocycles. The number of benzene rings is 3. The van der Waals surface area contributed by atoms with E-state index in [0.717, 1.165) is 0 Å². The van der Waals surface area contributed by atoms with Gasteiger partial charge in [-0.25, -0.2) is 18.3 Å². The molecule has 0 aromatic heterocycles. The Kier molecular flexibility index (Phi) is 10.2. The fourth-order valence-electron chi connectivity index (χ4n) is 3.52. The van der Waals surface area contributed by atoms with Crippen LogP contribution in [0.5, 0.6) is 5.75 Å². The molecule has 38 heavy (non-hydrogen) atoms. The monoisotopic (exact) mass is 563 g/mol. The largest absolute Gasteiger partial charge is 0.489 e. The molecule has 202 valence electrons. The van der Waals surface area contributed by atoms with Crippen molar-refractivity contribution < 1.29 is 32.3 Å². The second-order valence-electron chi connectivity index (χ2n) is 8.46. The van der Waals surface area contributed by atoms with Crippen molar-refractivity contribution in [3.8, 4) is 5.75 Å². The van der Waals surface area contributed by atoms with E-state index in [-0.39, 0.29) is 35.4 Å². The number of sulfonamides is 1. The number of hydrogen-bond acceptors (Lipinski definition) is 6. The molecule has 0 aliphatic carbocycles. The zero-order chi connectivity index (χ0) is 27.7. The Balaban J connectivity index is 1.61. The van der Waals surface area contributed by atoms with E-state index in [1.807, 2.05) is 0 Å². The lowest BCUT2D eigenvalue weighted by Crippen LogP contribution is -2.50. The van der Waals surface area contributed by atoms with E-state index in [9.17, 15) is 22.4 Å². The van der Waals surface area contributed by atoms with E-state index >= 15 is 0 Å². The van der Waals surface area contributed by atoms with Crippen LogP contribution in [0.15, 0.2) is 77.7 Å². The zero-order valence-electron chi connectivity index (χ0n) is 20.4. The number of carbonyl (C=O) groups is 2. The van der Waals surface area contributed by atoms with Crippen LogP contribution >= 0.6 is 11.6 Å². The summed E-state index contributed by atoms with van der Waals surface area (Å²) in [6.07, 6.45) is 0.248. The van der Waals surface area contributed by atoms with E-state index in [0.29, 0.717) is 16.9 Å². The molecule has 9 nitrogen and oxygen atoms in total. The molecule has 2 unspecified atom stereocenters. The third-order valence-electron chi connectivity index (χ3n) is 5.71. The number of nitrogens with one attached hydrogen (secondary N) is 3. The number of hydrogen-bond donors (Lipinski definition) is 4. The second-order valence-corrected chi connectivity index (χ2v) is 10.6. The van der Waals surface area contributed by atoms with Crippen molar-refractivity contribution in [1.82, 2.24) is 15.5 Å². The van der Waals surface area contributed by atoms with Crippen molar-refractivity contribution in [2.75, 3.05) is 6.54 Å². The van der Waals surface area contributed by atoms with Crippen molar-refractivity contribution in [1.29, 1.82) is 0 Å². The molecule has 0 fully saturated rings. The van der Waals surface area contributed by atoms with Crippen molar-refractivity contribution in [2.24, 2.45) is 5.92 Å². The normalized spacial score (nSPS) is 12.8. The fourth-order valence-corrected chi connectivity index (χ4v) is 5.05. The van der Waals surface area contributed by atoms with Gasteiger partial charge in [0, 0.05) is 17.7 Å². The lowest BCUT2D eigenvalue weighted by atomic mass is 9.98. The molecule has 2 amide bonds. The highest BCUT2D eigenvalue weighted by molar-refractivity contribution is 7.89. The Hall–Kier alpha value is -3.51. The average molecular weight is 564 g/mol. The molecule has 0 spiro atoms. The summed E-state index contributed by atoms with van der Waals surface area (Å²) in [7, 11) is -4.17. The maximum atomic E-state index is 13.2. The first kappa shape index (κ1) is 29.1. The molecule has 0 heterocycles. The van der Waals surface area contributed by atoms with Crippen LogP contribution < -0.4 is 20.3 Å². The molecule has 3 aromatic rings. The molecule has 0 saturated heterocycles. The van der Waals surface area contributed by atoms with Gasteiger partial charge in [-0.3, -0.25) is 14.8 Å². The topological polar surface area (TPSA) is 134 Å². The maximum Gasteiger partial charge on any atom is 0.261 e. The quantitative estimate of drug-likeness (QED) is 0.196. The van der Waals surface area contributed by atoms with E-state index in [1.54, 1.807) is 37.3 Å². The molecule has 0 aliphatic heterocycles. The highest BCUT2D eigenvalue weighted by atomic mass is 35.5. The van der Waals surface area contributed by atoms with Crippen LogP contribution in [0.2, 0.25) is 5.02 Å². The number of ether oxygens (including phenoxy) is 1. The van der Waals surface area contributed by atoms with Gasteiger partial charge < -0.3 is 10.1 Å². The van der Waals surface area contributed by atoms with Crippen LogP contribution in [-0.4, -0.2) is 38.0 Å². The van der Waals surface area contributed by atoms with Gasteiger partial charge >= 0.3 is 0 Å². The summed E-state index contributed by atoms with van der Waals surface area (Å²) in [5.74, 6) is -1.95. The minimum Gasteiger partial charge on any atom is -0.489 e. The predicted molar refractivity (Wildman–Crippen MR) is 139 cm³/mol. The zero-order valence-corrected chi connectivity index (χ0v) is 21.9. The van der Waals surface area contributed by atoms with E-state index in [4.69, 9.17) is 21.5 Å². The van der Waals surface area contributed by atoms with Crippen LogP contribution in [0.25, 0.3) is 0 Å². The number of hydroxylamine groups is 1. The highest BCUT2D eigenvalue weighted by Gasteiger charge is 2.30. The first-order chi connectivity index (χ1) is 18.1. The Bertz CT molecular complexity index is 1360. The summed E-state index contributed by atoms with van der Waals surface area (Å²) in [6.45, 7) is 1.84. The molecular formula is C26H27ClFN3O6S. The molecule has 3 rings (SSSR count). The second kappa shape index (κ2) is 13.3. The summed E-state index contributed by atoms with van der Waals surface area (Å²) in [6, 6.07) is 16.6. The van der Waals surface area contributed by atoms with Crippen molar-refractivity contribution in [3.05, 3.63) is 94.8 Å². The smallest absolute Gasteiger partial charge is 0.261 e. The third kappa shape index (κ3) is 7.99. The van der Waals surface area contributed by atoms with Gasteiger partial charge in [-0.1, -0.05) is 42.8 Å². The standard InChI is InChI=1S/C26H27ClFN3O6S/c1-17(13-14-29-25(32)18-5-3-2-4-6-18)24(26(33)30-34)31-38(35,36)22-11-9-21(10-12-22)37-16-19-7-8-20(28)15-23(19)27/h2-12,15,17,24,31,34H,13-14,16H2,1H3,(H,29,32)(H,30,33). The lowest BCUT2D eigenvalue weighted by Gasteiger charge is -2.23. The molecule has 12 heteroatoms. The predicted octanol–water partition coefficient (Wildman–Crippen LogP) is 3.67. The Morgan fingerprint density at radius 3 is 2.37 bits per heavy atom. The number of rotatable bonds is 12. The van der Waals surface area contributed by atoms with Gasteiger partial charge in [0.2, 0.25) is 10.0 Å². The number of halogens is 2. The van der Waals surface area contributed by atoms with Crippen LogP contribution in [-0.2, 0) is 21.4 Å². The van der Waals surface area contributed by atoms with Gasteiger partial charge in [-0.15, -0.1) is 0 Å². The summed E-state index contributed by atoms with van der Waals surface area (Å²) < 4.78 is 47.0. The molecule has 0 bridgehead atoms. The SMILES string of the molecule is CC(CCNC(=O)c1ccccc1)C(NS(=O)(=O)c1ccc(OCc2ccc(F)cc2Cl)cc1)C(=O)NO. The first-order valence-corrected chi connectivity index (χ1v) is 13.4. The molecule has 0 radical (unpaired) electrons. The summed E-state index contributed by atoms with van der Waals surface area (Å²) in [5, 5.41) is 12.1. The summed E-state index contributed by atoms with van der Waals surface area (Å²) in [4.78, 5) is 24.4. The van der Waals surface area contributed by atoms with Gasteiger partial charge in [-0.05, 0) is 60.9 Å². The summed E-state index contributed by atoms with van der Waals surface area (Å²) in [5.41, 5.74) is 2.51. The minimum atomic E-state index is -4.17. The lowest BCUT2D eigenvalue weighted by molar-refractivity contribution is -0.132. The molecule has 4 N–H and O–H groups in total. The summed E-state index contributed by atoms with van der Waals surface area (Å²) >= 11 is 5.99. The first-order valence-electron chi connectivity index (χ1n) is 11.6. The molecular weight excluding hydrogens is 537 g/mol. The average Bonchev–Trinajstić information content (AvgIpc) is 2.91. The Morgan fingerprint density at radius 1 is 1.05 bits per heavy atom. The van der Waals surface area contributed by atoms with Crippen molar-refractivity contribution >= 4 is 33.4 Å². The molecule has 0 aliphatic rings. The van der Waals surface area contributed by atoms with Gasteiger partial charge in [0.05, 0.1) is 9.92 Å². The number of amides is 2. The number of carbonyl (C=O) groups excluding carboxylic acids is 2. The Labute approximate surface area is 225 Å². The Morgan fingerprint density at radius 2 is 1.74 bits per heavy atom. The van der Waals surface area contributed by atoms with Crippen molar-refractivity contribution in [2.45, 2.75) is 30.9 Å². The van der Waals surface area contributed by atoms with Crippen LogP contribution in [0.1, 0.15) is 29.3 Å². The van der Waals surface area contributed by atoms with E-state index in [2.05, 4.69) is 10.0 Å². The van der Waals surface area contributed by atoms with Crippen molar-refractivity contribution in [3.63, 3.8) is 0 Å². The van der Waals surface area contributed by atoms with E-state index in [1.165, 1.54) is 47.9 Å². The van der Waals surface area contributed by atoms with Gasteiger partial charge in [0.15, 0.2) is 0 Å². The van der Waals surface area contributed by atoms with Gasteiger partial charge in [-0.2, -0.15) is 4.72 Å². The van der Waals surface area contributed by atoms with Crippen LogP contribution in [0.3, 0.4) is 0 Å². The molecule has 2 atom stereocenters.